The molecule has 0 radical (unpaired) electrons. The van der Waals surface area contributed by atoms with Crippen molar-refractivity contribution in [2.24, 2.45) is 5.18 Å². The molecule has 0 saturated carbocycles. The maximum atomic E-state index is 12.1. The fraction of sp³-hybridized carbons (Fsp3) is 0.0435. The summed E-state index contributed by atoms with van der Waals surface area (Å²) in [4.78, 5) is 8.77. The van der Waals surface area contributed by atoms with Crippen LogP contribution in [0.1, 0.15) is 5.56 Å². The Balaban J connectivity index is 1.62. The van der Waals surface area contributed by atoms with Crippen molar-refractivity contribution in [2.75, 3.05) is 27.4 Å². The number of halogens is 1. The van der Waals surface area contributed by atoms with Gasteiger partial charge < -0.3 is 21.4 Å². The first-order valence-corrected chi connectivity index (χ1v) is 14.4. The van der Waals surface area contributed by atoms with Crippen LogP contribution in [0.5, 0.6) is 11.5 Å². The number of rotatable bonds is 10. The molecule has 0 aliphatic rings. The molecule has 0 atom stereocenters. The number of aromatic hydroxyl groups is 2. The summed E-state index contributed by atoms with van der Waals surface area (Å²) in [5.41, 5.74) is 16.7. The Labute approximate surface area is 237 Å². The third-order valence-electron chi connectivity index (χ3n) is 5.71. The summed E-state index contributed by atoms with van der Waals surface area (Å²) in [6, 6.07) is 11.9. The van der Waals surface area contributed by atoms with Gasteiger partial charge >= 0.3 is 0 Å². The first-order chi connectivity index (χ1) is 19.2. The molecule has 0 unspecified atom stereocenters. The number of hydrazine groups is 2. The van der Waals surface area contributed by atoms with Crippen molar-refractivity contribution < 1.29 is 36.2 Å². The Hall–Kier alpha value is -4.55. The lowest BCUT2D eigenvalue weighted by atomic mass is 10.1. The largest absolute Gasteiger partial charge is 0.506 e. The maximum absolute atomic E-state index is 12.1. The van der Waals surface area contributed by atoms with Crippen LogP contribution in [0.3, 0.4) is 0 Å². The van der Waals surface area contributed by atoms with Gasteiger partial charge in [0.05, 0.1) is 27.8 Å². The van der Waals surface area contributed by atoms with Gasteiger partial charge in [0.1, 0.15) is 33.5 Å². The molecule has 0 heterocycles. The Bertz CT molecular complexity index is 1890. The smallest absolute Gasteiger partial charge is 0.296 e. The predicted octanol–water partition coefficient (Wildman–Crippen LogP) is 4.12. The van der Waals surface area contributed by atoms with E-state index in [2.05, 4.69) is 26.9 Å². The number of nitrogens with two attached hydrogens (primary N) is 1. The maximum Gasteiger partial charge on any atom is 0.296 e. The lowest BCUT2D eigenvalue weighted by Crippen LogP contribution is -2.14. The van der Waals surface area contributed by atoms with E-state index in [-0.39, 0.29) is 39.5 Å². The molecule has 4 aromatic carbocycles. The minimum absolute atomic E-state index is 0.0162. The van der Waals surface area contributed by atoms with Gasteiger partial charge in [-0.3, -0.25) is 25.4 Å². The highest BCUT2D eigenvalue weighted by Crippen LogP contribution is 2.41. The molecule has 4 rings (SSSR count). The van der Waals surface area contributed by atoms with Crippen molar-refractivity contribution in [3.63, 3.8) is 0 Å². The number of benzene rings is 4. The van der Waals surface area contributed by atoms with E-state index in [4.69, 9.17) is 17.3 Å². The average molecular weight is 625 g/mol. The number of phenolic OH excluding ortho intramolecular Hbond substituents is 2. The van der Waals surface area contributed by atoms with E-state index >= 15 is 0 Å². The number of fused-ring (bicyclic) bond motifs is 1. The van der Waals surface area contributed by atoms with E-state index in [1.807, 2.05) is 0 Å². The minimum atomic E-state index is -5.00. The van der Waals surface area contributed by atoms with Crippen LogP contribution in [-0.4, -0.2) is 36.2 Å². The number of nitroso groups, excluding NO2 is 1. The molecule has 41 heavy (non-hydrogen) atoms. The van der Waals surface area contributed by atoms with E-state index < -0.39 is 47.2 Å². The number of hydrogen-bond acceptors (Lipinski definition) is 13. The molecular weight excluding hydrogens is 604 g/mol. The molecule has 4 aromatic rings. The molecular formula is C23H21ClN6O9S2. The summed E-state index contributed by atoms with van der Waals surface area (Å²) < 4.78 is 66.5. The summed E-state index contributed by atoms with van der Waals surface area (Å²) in [5.74, 6) is -1.06. The second-order valence-corrected chi connectivity index (χ2v) is 11.7. The minimum Gasteiger partial charge on any atom is -0.506 e. The van der Waals surface area contributed by atoms with Crippen molar-refractivity contribution in [3.8, 4) is 11.5 Å². The standard InChI is InChI=1S/C23H21ClN6O9S2/c24-15-8-18(29-27-13-3-1-11(2-4-13)10-26-33)19(31)9-17(15)28-30-22-21(41(37,38)39)6-12-5-20(40(34,35)36)16(25)7-14(12)23(22)32/h1-9,27-32H,10,25H2,(H,34,35,36)(H,37,38,39). The number of nitrogen functional groups attached to an aromatic ring is 1. The van der Waals surface area contributed by atoms with Crippen molar-refractivity contribution >= 4 is 71.0 Å². The lowest BCUT2D eigenvalue weighted by Gasteiger charge is -2.18. The van der Waals surface area contributed by atoms with Gasteiger partial charge in [-0.15, -0.1) is 0 Å². The first kappa shape index (κ1) is 29.4. The van der Waals surface area contributed by atoms with Crippen LogP contribution >= 0.6 is 11.6 Å². The number of phenols is 2. The van der Waals surface area contributed by atoms with E-state index in [1.54, 1.807) is 24.3 Å². The molecule has 0 aromatic heterocycles. The highest BCUT2D eigenvalue weighted by Gasteiger charge is 2.24. The van der Waals surface area contributed by atoms with Crippen molar-refractivity contribution in [2.45, 2.75) is 16.3 Å². The average Bonchev–Trinajstić information content (AvgIpc) is 2.88. The Morgan fingerprint density at radius 1 is 0.805 bits per heavy atom. The third-order valence-corrected chi connectivity index (χ3v) is 7.81. The number of hydrogen-bond donors (Lipinski definition) is 9. The van der Waals surface area contributed by atoms with Crippen molar-refractivity contribution in [1.82, 2.24) is 0 Å². The Morgan fingerprint density at radius 2 is 1.41 bits per heavy atom. The van der Waals surface area contributed by atoms with Crippen LogP contribution in [-0.2, 0) is 26.8 Å². The van der Waals surface area contributed by atoms with Gasteiger partial charge in [-0.05, 0) is 47.3 Å². The lowest BCUT2D eigenvalue weighted by molar-refractivity contribution is 0.473. The SMILES string of the molecule is Nc1cc2c(O)c(NNc3cc(O)c(NNc4ccc(CN=O)cc4)cc3Cl)c(S(=O)(=O)O)cc2cc1S(=O)(=O)O. The quantitative estimate of drug-likeness (QED) is 0.0395. The molecule has 0 aliphatic heterocycles. The molecule has 0 spiro atoms. The molecule has 15 nitrogen and oxygen atoms in total. The van der Waals surface area contributed by atoms with Gasteiger partial charge in [-0.25, -0.2) is 0 Å². The van der Waals surface area contributed by atoms with Gasteiger partial charge in [0.15, 0.2) is 0 Å². The van der Waals surface area contributed by atoms with Crippen molar-refractivity contribution in [3.05, 3.63) is 70.1 Å². The van der Waals surface area contributed by atoms with E-state index in [9.17, 15) is 41.1 Å². The second kappa shape index (κ2) is 11.1. The Kier molecular flexibility index (Phi) is 8.00. The highest BCUT2D eigenvalue weighted by molar-refractivity contribution is 7.86. The van der Waals surface area contributed by atoms with Gasteiger partial charge in [0, 0.05) is 11.5 Å². The molecule has 10 N–H and O–H groups in total. The molecule has 0 fully saturated rings. The van der Waals surface area contributed by atoms with E-state index in [0.717, 1.165) is 18.2 Å². The zero-order chi connectivity index (χ0) is 30.1. The molecule has 216 valence electrons. The van der Waals surface area contributed by atoms with Crippen LogP contribution < -0.4 is 27.4 Å². The van der Waals surface area contributed by atoms with Crippen LogP contribution in [0, 0.1) is 4.91 Å². The molecule has 0 amide bonds. The summed E-state index contributed by atoms with van der Waals surface area (Å²) in [7, 11) is -9.79. The molecule has 0 aliphatic carbocycles. The fourth-order valence-corrected chi connectivity index (χ4v) is 5.27. The van der Waals surface area contributed by atoms with Gasteiger partial charge in [0.25, 0.3) is 20.2 Å². The van der Waals surface area contributed by atoms with Crippen LogP contribution in [0.4, 0.5) is 28.4 Å². The second-order valence-electron chi connectivity index (χ2n) is 8.49. The van der Waals surface area contributed by atoms with Crippen molar-refractivity contribution in [1.29, 1.82) is 0 Å². The van der Waals surface area contributed by atoms with Gasteiger partial charge in [-0.1, -0.05) is 28.9 Å². The number of nitrogens with zero attached hydrogens (tertiary/aromatic N) is 1. The predicted molar refractivity (Wildman–Crippen MR) is 153 cm³/mol. The normalized spacial score (nSPS) is 11.7. The fourth-order valence-electron chi connectivity index (χ4n) is 3.74. The zero-order valence-electron chi connectivity index (χ0n) is 20.5. The van der Waals surface area contributed by atoms with Gasteiger partial charge in [-0.2, -0.15) is 21.7 Å². The monoisotopic (exact) mass is 624 g/mol. The van der Waals surface area contributed by atoms with E-state index in [0.29, 0.717) is 11.3 Å². The van der Waals surface area contributed by atoms with Crippen LogP contribution in [0.2, 0.25) is 5.02 Å². The molecule has 0 saturated heterocycles. The van der Waals surface area contributed by atoms with Crippen LogP contribution in [0.15, 0.2) is 69.6 Å². The highest BCUT2D eigenvalue weighted by atomic mass is 35.5. The summed E-state index contributed by atoms with van der Waals surface area (Å²) in [6.07, 6.45) is 0. The number of anilines is 5. The topological polar surface area (TPSA) is 253 Å². The van der Waals surface area contributed by atoms with Crippen LogP contribution in [0.25, 0.3) is 10.8 Å². The summed E-state index contributed by atoms with van der Waals surface area (Å²) in [5, 5.41) is 23.8. The molecule has 18 heteroatoms. The Morgan fingerprint density at radius 3 is 2.02 bits per heavy atom. The first-order valence-electron chi connectivity index (χ1n) is 11.2. The number of nitrogens with one attached hydrogen (secondary N) is 4. The summed E-state index contributed by atoms with van der Waals surface area (Å²) in [6.45, 7) is 0.0261. The van der Waals surface area contributed by atoms with Gasteiger partial charge in [0.2, 0.25) is 0 Å². The zero-order valence-corrected chi connectivity index (χ0v) is 22.8. The van der Waals surface area contributed by atoms with E-state index in [1.165, 1.54) is 12.1 Å². The third kappa shape index (κ3) is 6.44. The summed E-state index contributed by atoms with van der Waals surface area (Å²) >= 11 is 6.30. The molecule has 0 bridgehead atoms.